The van der Waals surface area contributed by atoms with Gasteiger partial charge in [0, 0.05) is 7.11 Å². The third-order valence-electron chi connectivity index (χ3n) is 3.51. The maximum atomic E-state index is 5.13. The van der Waals surface area contributed by atoms with Crippen LogP contribution in [0.2, 0.25) is 0 Å². The fourth-order valence-corrected chi connectivity index (χ4v) is 2.56. The van der Waals surface area contributed by atoms with E-state index in [0.29, 0.717) is 0 Å². The van der Waals surface area contributed by atoms with E-state index in [1.165, 1.54) is 43.5 Å². The number of methoxy groups -OCH3 is 1. The van der Waals surface area contributed by atoms with E-state index in [1.54, 1.807) is 7.11 Å². The Bertz CT molecular complexity index is 331. The molecule has 1 atom stereocenters. The summed E-state index contributed by atoms with van der Waals surface area (Å²) < 4.78 is 5.13. The highest BCUT2D eigenvalue weighted by atomic mass is 16.5. The van der Waals surface area contributed by atoms with Crippen LogP contribution in [0, 0.1) is 5.92 Å². The zero-order valence-electron chi connectivity index (χ0n) is 10.7. The van der Waals surface area contributed by atoms with Crippen LogP contribution in [0.25, 0.3) is 0 Å². The summed E-state index contributed by atoms with van der Waals surface area (Å²) in [6, 6.07) is 8.97. The van der Waals surface area contributed by atoms with E-state index >= 15 is 0 Å². The average molecular weight is 233 g/mol. The lowest BCUT2D eigenvalue weighted by Gasteiger charge is -2.22. The molecule has 2 heteroatoms. The van der Waals surface area contributed by atoms with E-state index in [-0.39, 0.29) is 0 Å². The lowest BCUT2D eigenvalue weighted by atomic mass is 9.91. The summed E-state index contributed by atoms with van der Waals surface area (Å²) in [4.78, 5) is 0. The summed E-state index contributed by atoms with van der Waals surface area (Å²) in [5.74, 6) is 0.821. The summed E-state index contributed by atoms with van der Waals surface area (Å²) >= 11 is 0. The van der Waals surface area contributed by atoms with E-state index in [0.717, 1.165) is 18.9 Å². The largest absolute Gasteiger partial charge is 0.384 e. The number of hydrogen-bond donors (Lipinski definition) is 1. The van der Waals surface area contributed by atoms with E-state index < -0.39 is 0 Å². The van der Waals surface area contributed by atoms with Crippen LogP contribution in [-0.2, 0) is 17.6 Å². The third kappa shape index (κ3) is 4.14. The molecule has 2 rings (SSSR count). The Morgan fingerprint density at radius 1 is 1.35 bits per heavy atom. The SMILES string of the molecule is COCCc1cccc(CC2CCCNC2)c1. The van der Waals surface area contributed by atoms with E-state index in [1.807, 2.05) is 0 Å². The summed E-state index contributed by atoms with van der Waals surface area (Å²) in [7, 11) is 1.76. The summed E-state index contributed by atoms with van der Waals surface area (Å²) in [6.45, 7) is 3.20. The van der Waals surface area contributed by atoms with Crippen molar-refractivity contribution in [3.63, 3.8) is 0 Å². The maximum Gasteiger partial charge on any atom is 0.0502 e. The highest BCUT2D eigenvalue weighted by molar-refractivity contribution is 5.24. The number of hydrogen-bond acceptors (Lipinski definition) is 2. The number of piperidine rings is 1. The van der Waals surface area contributed by atoms with Crippen LogP contribution in [0.15, 0.2) is 24.3 Å². The van der Waals surface area contributed by atoms with Gasteiger partial charge in [-0.3, -0.25) is 0 Å². The minimum atomic E-state index is 0.814. The molecule has 17 heavy (non-hydrogen) atoms. The predicted molar refractivity (Wildman–Crippen MR) is 71.3 cm³/mol. The van der Waals surface area contributed by atoms with Crippen molar-refractivity contribution < 1.29 is 4.74 Å². The minimum absolute atomic E-state index is 0.814. The highest BCUT2D eigenvalue weighted by Crippen LogP contribution is 2.17. The molecule has 1 fully saturated rings. The van der Waals surface area contributed by atoms with Gasteiger partial charge in [0.05, 0.1) is 6.61 Å². The van der Waals surface area contributed by atoms with Crippen molar-refractivity contribution in [2.45, 2.75) is 25.7 Å². The second kappa shape index (κ2) is 6.77. The standard InChI is InChI=1S/C15H23NO/c1-17-9-7-13-4-2-5-14(10-13)11-15-6-3-8-16-12-15/h2,4-5,10,15-16H,3,6-9,11-12H2,1H3. The first-order valence-electron chi connectivity index (χ1n) is 6.66. The summed E-state index contributed by atoms with van der Waals surface area (Å²) in [5, 5.41) is 3.48. The zero-order valence-corrected chi connectivity index (χ0v) is 10.7. The average Bonchev–Trinajstić information content (AvgIpc) is 2.38. The Morgan fingerprint density at radius 2 is 2.24 bits per heavy atom. The molecule has 2 nitrogen and oxygen atoms in total. The van der Waals surface area contributed by atoms with Crippen molar-refractivity contribution in [3.05, 3.63) is 35.4 Å². The zero-order chi connectivity index (χ0) is 11.9. The molecule has 0 aromatic heterocycles. The van der Waals surface area contributed by atoms with Crippen LogP contribution in [-0.4, -0.2) is 26.8 Å². The monoisotopic (exact) mass is 233 g/mol. The normalized spacial score (nSPS) is 20.4. The fraction of sp³-hybridized carbons (Fsp3) is 0.600. The second-order valence-corrected chi connectivity index (χ2v) is 4.98. The Morgan fingerprint density at radius 3 is 3.00 bits per heavy atom. The van der Waals surface area contributed by atoms with Gasteiger partial charge in [-0.1, -0.05) is 24.3 Å². The molecule has 0 saturated carbocycles. The van der Waals surface area contributed by atoms with Crippen LogP contribution < -0.4 is 5.32 Å². The summed E-state index contributed by atoms with van der Waals surface area (Å²) in [5.41, 5.74) is 2.88. The van der Waals surface area contributed by atoms with Gasteiger partial charge in [-0.2, -0.15) is 0 Å². The first kappa shape index (κ1) is 12.6. The molecular formula is C15H23NO. The third-order valence-corrected chi connectivity index (χ3v) is 3.51. The molecule has 1 saturated heterocycles. The van der Waals surface area contributed by atoms with Crippen molar-refractivity contribution in [2.75, 3.05) is 26.8 Å². The van der Waals surface area contributed by atoms with Gasteiger partial charge in [-0.25, -0.2) is 0 Å². The van der Waals surface area contributed by atoms with Gasteiger partial charge >= 0.3 is 0 Å². The van der Waals surface area contributed by atoms with Crippen molar-refractivity contribution in [1.82, 2.24) is 5.32 Å². The van der Waals surface area contributed by atoms with Gasteiger partial charge in [-0.05, 0) is 55.8 Å². The maximum absolute atomic E-state index is 5.13. The quantitative estimate of drug-likeness (QED) is 0.843. The molecule has 0 bridgehead atoms. The predicted octanol–water partition coefficient (Wildman–Crippen LogP) is 2.42. The second-order valence-electron chi connectivity index (χ2n) is 4.98. The van der Waals surface area contributed by atoms with Gasteiger partial charge in [-0.15, -0.1) is 0 Å². The summed E-state index contributed by atoms with van der Waals surface area (Å²) in [6.07, 6.45) is 4.93. The highest BCUT2D eigenvalue weighted by Gasteiger charge is 2.13. The van der Waals surface area contributed by atoms with Gasteiger partial charge in [0.2, 0.25) is 0 Å². The Labute approximate surface area is 104 Å². The minimum Gasteiger partial charge on any atom is -0.384 e. The fourth-order valence-electron chi connectivity index (χ4n) is 2.56. The molecule has 1 N–H and O–H groups in total. The molecular weight excluding hydrogens is 210 g/mol. The first-order chi connectivity index (χ1) is 8.38. The molecule has 94 valence electrons. The molecule has 0 spiro atoms. The molecule has 1 heterocycles. The van der Waals surface area contributed by atoms with Crippen molar-refractivity contribution >= 4 is 0 Å². The smallest absolute Gasteiger partial charge is 0.0502 e. The van der Waals surface area contributed by atoms with Gasteiger partial charge in [0.15, 0.2) is 0 Å². The molecule has 0 radical (unpaired) electrons. The number of nitrogens with one attached hydrogen (secondary N) is 1. The van der Waals surface area contributed by atoms with Gasteiger partial charge in [0.25, 0.3) is 0 Å². The lowest BCUT2D eigenvalue weighted by Crippen LogP contribution is -2.30. The molecule has 0 amide bonds. The molecule has 0 aliphatic carbocycles. The topological polar surface area (TPSA) is 21.3 Å². The van der Waals surface area contributed by atoms with Crippen LogP contribution in [0.1, 0.15) is 24.0 Å². The number of ether oxygens (including phenoxy) is 1. The number of rotatable bonds is 5. The van der Waals surface area contributed by atoms with E-state index in [9.17, 15) is 0 Å². The van der Waals surface area contributed by atoms with Crippen LogP contribution >= 0.6 is 0 Å². The van der Waals surface area contributed by atoms with Crippen molar-refractivity contribution in [2.24, 2.45) is 5.92 Å². The van der Waals surface area contributed by atoms with Crippen LogP contribution in [0.5, 0.6) is 0 Å². The van der Waals surface area contributed by atoms with Crippen molar-refractivity contribution in [3.8, 4) is 0 Å². The molecule has 1 aromatic carbocycles. The Balaban J connectivity index is 1.90. The van der Waals surface area contributed by atoms with Gasteiger partial charge in [0.1, 0.15) is 0 Å². The molecule has 1 aliphatic rings. The molecule has 1 unspecified atom stereocenters. The van der Waals surface area contributed by atoms with Gasteiger partial charge < -0.3 is 10.1 Å². The van der Waals surface area contributed by atoms with E-state index in [4.69, 9.17) is 4.74 Å². The van der Waals surface area contributed by atoms with Crippen LogP contribution in [0.3, 0.4) is 0 Å². The molecule has 1 aromatic rings. The number of benzene rings is 1. The molecule has 1 aliphatic heterocycles. The van der Waals surface area contributed by atoms with E-state index in [2.05, 4.69) is 29.6 Å². The first-order valence-corrected chi connectivity index (χ1v) is 6.66. The lowest BCUT2D eigenvalue weighted by molar-refractivity contribution is 0.202. The Hall–Kier alpha value is -0.860. The Kier molecular flexibility index (Phi) is 5.02. The van der Waals surface area contributed by atoms with Crippen LogP contribution in [0.4, 0.5) is 0 Å². The van der Waals surface area contributed by atoms with Crippen molar-refractivity contribution in [1.29, 1.82) is 0 Å².